The summed E-state index contributed by atoms with van der Waals surface area (Å²) < 4.78 is 34.5. The summed E-state index contributed by atoms with van der Waals surface area (Å²) in [6.07, 6.45) is 0.410. The van der Waals surface area contributed by atoms with Crippen molar-refractivity contribution in [1.29, 1.82) is 0 Å². The van der Waals surface area contributed by atoms with Crippen molar-refractivity contribution in [2.45, 2.75) is 32.0 Å². The molecule has 0 amide bonds. The number of hydrogen-bond acceptors (Lipinski definition) is 2. The Morgan fingerprint density at radius 3 is 2.22 bits per heavy atom. The molecule has 3 rings (SSSR count). The Kier molecular flexibility index (Phi) is 11.1. The number of aromatic nitrogens is 1. The minimum Gasteiger partial charge on any atom is -0.347 e. The SMILES string of the molecule is C=C(/C=C\C)C(F)(F)F.C=C(C)C(Cc1ccccc1)(NC(=S)Nc1cccc(Cl)c1)c1ccccn1. The highest BCUT2D eigenvalue weighted by Crippen LogP contribution is 2.31. The van der Waals surface area contributed by atoms with Crippen molar-refractivity contribution >= 4 is 34.6 Å². The van der Waals surface area contributed by atoms with Crippen LogP contribution in [0.25, 0.3) is 0 Å². The Labute approximate surface area is 226 Å². The van der Waals surface area contributed by atoms with Crippen molar-refractivity contribution in [2.75, 3.05) is 5.32 Å². The molecule has 2 aromatic carbocycles. The van der Waals surface area contributed by atoms with E-state index in [9.17, 15) is 13.2 Å². The van der Waals surface area contributed by atoms with E-state index in [1.165, 1.54) is 13.0 Å². The summed E-state index contributed by atoms with van der Waals surface area (Å²) in [6.45, 7) is 10.6. The van der Waals surface area contributed by atoms with Crippen LogP contribution in [0.15, 0.2) is 115 Å². The predicted octanol–water partition coefficient (Wildman–Crippen LogP) is 8.42. The van der Waals surface area contributed by atoms with Crippen molar-refractivity contribution in [3.63, 3.8) is 0 Å². The zero-order valence-electron chi connectivity index (χ0n) is 20.6. The third-order valence-electron chi connectivity index (χ3n) is 5.28. The third-order valence-corrected chi connectivity index (χ3v) is 5.72. The van der Waals surface area contributed by atoms with E-state index in [4.69, 9.17) is 23.8 Å². The first-order valence-electron chi connectivity index (χ1n) is 11.3. The predicted molar refractivity (Wildman–Crippen MR) is 152 cm³/mol. The van der Waals surface area contributed by atoms with Crippen LogP contribution in [0.5, 0.6) is 0 Å². The van der Waals surface area contributed by atoms with Gasteiger partial charge in [0.05, 0.1) is 5.69 Å². The maximum Gasteiger partial charge on any atom is 0.415 e. The summed E-state index contributed by atoms with van der Waals surface area (Å²) >= 11 is 11.7. The van der Waals surface area contributed by atoms with Gasteiger partial charge in [0, 0.05) is 28.9 Å². The topological polar surface area (TPSA) is 37.0 Å². The zero-order chi connectivity index (χ0) is 27.5. The zero-order valence-corrected chi connectivity index (χ0v) is 22.2. The first-order chi connectivity index (χ1) is 17.5. The summed E-state index contributed by atoms with van der Waals surface area (Å²) in [7, 11) is 0. The lowest BCUT2D eigenvalue weighted by molar-refractivity contribution is -0.0878. The minimum absolute atomic E-state index is 0.479. The van der Waals surface area contributed by atoms with Gasteiger partial charge in [-0.05, 0) is 67.5 Å². The highest BCUT2D eigenvalue weighted by Gasteiger charge is 2.35. The molecule has 3 aromatic rings. The Balaban J connectivity index is 0.000000458. The standard InChI is InChI=1S/C23H22ClN3S.C6H7F3/c1-17(2)23(21-13-6-7-14-25-21,16-18-9-4-3-5-10-18)27-22(28)26-20-12-8-11-19(24)15-20;1-3-4-5(2)6(7,8)9/h3-15H,1,16H2,2H3,(H2,26,27,28);3-4H,2H2,1H3/b;4-3-. The van der Waals surface area contributed by atoms with Crippen LogP contribution in [0.2, 0.25) is 5.02 Å². The maximum absolute atomic E-state index is 11.5. The fourth-order valence-electron chi connectivity index (χ4n) is 3.41. The molecule has 1 heterocycles. The minimum atomic E-state index is -4.27. The summed E-state index contributed by atoms with van der Waals surface area (Å²) in [5.74, 6) is 0. The molecule has 0 fully saturated rings. The summed E-state index contributed by atoms with van der Waals surface area (Å²) in [5, 5.41) is 7.82. The molecule has 0 saturated heterocycles. The number of nitrogens with zero attached hydrogens (tertiary/aromatic N) is 1. The normalized spacial score (nSPS) is 12.6. The van der Waals surface area contributed by atoms with Crippen LogP contribution in [0.3, 0.4) is 0 Å². The van der Waals surface area contributed by atoms with Gasteiger partial charge in [0.1, 0.15) is 5.54 Å². The van der Waals surface area contributed by atoms with Gasteiger partial charge in [0.15, 0.2) is 5.11 Å². The van der Waals surface area contributed by atoms with Gasteiger partial charge in [0.2, 0.25) is 0 Å². The van der Waals surface area contributed by atoms with E-state index in [0.717, 1.165) is 28.6 Å². The average molecular weight is 544 g/mol. The number of thiocarbonyl (C=S) groups is 1. The number of pyridine rings is 1. The fourth-order valence-corrected chi connectivity index (χ4v) is 3.89. The van der Waals surface area contributed by atoms with Crippen molar-refractivity contribution in [3.8, 4) is 0 Å². The van der Waals surface area contributed by atoms with Crippen LogP contribution in [-0.4, -0.2) is 16.3 Å². The monoisotopic (exact) mass is 543 g/mol. The summed E-state index contributed by atoms with van der Waals surface area (Å²) in [5.41, 5.74) is 2.30. The van der Waals surface area contributed by atoms with E-state index in [1.807, 2.05) is 67.6 Å². The Morgan fingerprint density at radius 2 is 1.70 bits per heavy atom. The van der Waals surface area contributed by atoms with E-state index in [0.29, 0.717) is 16.6 Å². The van der Waals surface area contributed by atoms with E-state index < -0.39 is 17.3 Å². The molecule has 37 heavy (non-hydrogen) atoms. The summed E-state index contributed by atoms with van der Waals surface area (Å²) in [4.78, 5) is 4.61. The molecule has 0 aliphatic heterocycles. The third kappa shape index (κ3) is 9.19. The summed E-state index contributed by atoms with van der Waals surface area (Å²) in [6, 6.07) is 23.6. The molecule has 1 unspecified atom stereocenters. The molecule has 194 valence electrons. The van der Waals surface area contributed by atoms with Crippen LogP contribution in [-0.2, 0) is 12.0 Å². The quantitative estimate of drug-likeness (QED) is 0.178. The molecule has 0 spiro atoms. The number of rotatable bonds is 7. The van der Waals surface area contributed by atoms with Crippen LogP contribution in [0.4, 0.5) is 18.9 Å². The highest BCUT2D eigenvalue weighted by atomic mass is 35.5. The van der Waals surface area contributed by atoms with E-state index in [1.54, 1.807) is 6.20 Å². The fraction of sp³-hybridized carbons (Fsp3) is 0.172. The Bertz CT molecular complexity index is 1230. The van der Waals surface area contributed by atoms with E-state index >= 15 is 0 Å². The smallest absolute Gasteiger partial charge is 0.347 e. The molecule has 8 heteroatoms. The molecule has 0 radical (unpaired) electrons. The van der Waals surface area contributed by atoms with Gasteiger partial charge < -0.3 is 10.6 Å². The lowest BCUT2D eigenvalue weighted by atomic mass is 9.81. The van der Waals surface area contributed by atoms with Crippen LogP contribution in [0.1, 0.15) is 25.1 Å². The van der Waals surface area contributed by atoms with Gasteiger partial charge in [-0.25, -0.2) is 0 Å². The molecular weight excluding hydrogens is 515 g/mol. The number of alkyl halides is 3. The molecular formula is C29H29ClF3N3S. The van der Waals surface area contributed by atoms with Gasteiger partial charge in [0.25, 0.3) is 0 Å². The Morgan fingerprint density at radius 1 is 1.03 bits per heavy atom. The molecule has 3 nitrogen and oxygen atoms in total. The second kappa shape index (κ2) is 13.8. The van der Waals surface area contributed by atoms with Crippen LogP contribution >= 0.6 is 23.8 Å². The average Bonchev–Trinajstić information content (AvgIpc) is 2.84. The lowest BCUT2D eigenvalue weighted by Crippen LogP contribution is -2.50. The van der Waals surface area contributed by atoms with Crippen molar-refractivity contribution in [1.82, 2.24) is 10.3 Å². The molecule has 1 aromatic heterocycles. The first kappa shape index (κ1) is 29.8. The largest absolute Gasteiger partial charge is 0.415 e. The number of nitrogens with one attached hydrogen (secondary N) is 2. The van der Waals surface area contributed by atoms with Crippen molar-refractivity contribution in [3.05, 3.63) is 132 Å². The van der Waals surface area contributed by atoms with E-state index in [2.05, 4.69) is 40.9 Å². The molecule has 0 saturated carbocycles. The molecule has 0 bridgehead atoms. The number of benzene rings is 2. The van der Waals surface area contributed by atoms with Gasteiger partial charge in [-0.2, -0.15) is 13.2 Å². The second-order valence-electron chi connectivity index (χ2n) is 8.18. The highest BCUT2D eigenvalue weighted by molar-refractivity contribution is 7.80. The number of anilines is 1. The molecule has 0 aliphatic carbocycles. The molecule has 2 N–H and O–H groups in total. The van der Waals surface area contributed by atoms with Crippen LogP contribution < -0.4 is 10.6 Å². The lowest BCUT2D eigenvalue weighted by Gasteiger charge is -2.36. The van der Waals surface area contributed by atoms with Crippen molar-refractivity contribution in [2.24, 2.45) is 0 Å². The molecule has 0 aliphatic rings. The van der Waals surface area contributed by atoms with Gasteiger partial charge in [-0.15, -0.1) is 0 Å². The van der Waals surface area contributed by atoms with Gasteiger partial charge >= 0.3 is 6.18 Å². The first-order valence-corrected chi connectivity index (χ1v) is 12.1. The maximum atomic E-state index is 11.5. The van der Waals surface area contributed by atoms with Gasteiger partial charge in [-0.1, -0.05) is 79.4 Å². The second-order valence-corrected chi connectivity index (χ2v) is 9.02. The van der Waals surface area contributed by atoms with Crippen LogP contribution in [0, 0.1) is 0 Å². The Hall–Kier alpha value is -3.42. The number of hydrogen-bond donors (Lipinski definition) is 2. The van der Waals surface area contributed by atoms with Crippen molar-refractivity contribution < 1.29 is 13.2 Å². The molecule has 1 atom stereocenters. The van der Waals surface area contributed by atoms with E-state index in [-0.39, 0.29) is 0 Å². The van der Waals surface area contributed by atoms with Gasteiger partial charge in [-0.3, -0.25) is 4.98 Å². The number of allylic oxidation sites excluding steroid dienone is 3. The number of halogens is 4.